The maximum absolute atomic E-state index is 12.1. The van der Waals surface area contributed by atoms with Crippen LogP contribution in [0.25, 0.3) is 0 Å². The summed E-state index contributed by atoms with van der Waals surface area (Å²) < 4.78 is 1.25. The molecule has 1 aromatic rings. The Morgan fingerprint density at radius 2 is 1.78 bits per heavy atom. The van der Waals surface area contributed by atoms with Crippen molar-refractivity contribution in [2.75, 3.05) is 11.9 Å². The number of carbonyl (C=O) groups is 2. The molecule has 0 spiro atoms. The van der Waals surface area contributed by atoms with Crippen molar-refractivity contribution < 1.29 is 9.59 Å². The minimum atomic E-state index is -0.297. The Balaban J connectivity index is 2.38. The van der Waals surface area contributed by atoms with Crippen LogP contribution in [0.1, 0.15) is 97.0 Å². The van der Waals surface area contributed by atoms with E-state index in [-0.39, 0.29) is 17.4 Å². The molecule has 2 N–H and O–H groups in total. The Kier molecular flexibility index (Phi) is 9.53. The molecule has 6 heteroatoms. The molecule has 1 atom stereocenters. The molecular weight excluding hydrogens is 340 g/mol. The second-order valence-corrected chi connectivity index (χ2v) is 8.57. The van der Waals surface area contributed by atoms with E-state index in [9.17, 15) is 9.59 Å². The normalized spacial score (nSPS) is 12.7. The van der Waals surface area contributed by atoms with Crippen LogP contribution in [0.5, 0.6) is 0 Å². The Bertz CT molecular complexity index is 602. The molecule has 0 saturated carbocycles. The van der Waals surface area contributed by atoms with Gasteiger partial charge in [-0.3, -0.25) is 10.1 Å². The zero-order valence-electron chi connectivity index (χ0n) is 18.0. The van der Waals surface area contributed by atoms with Crippen LogP contribution in [0.4, 0.5) is 10.6 Å². The molecule has 0 aliphatic carbocycles. The minimum absolute atomic E-state index is 0.193. The number of hydrogen-bond donors (Lipinski definition) is 2. The number of rotatable bonds is 10. The summed E-state index contributed by atoms with van der Waals surface area (Å²) in [5.41, 5.74) is 0.576. The predicted octanol–water partition coefficient (Wildman–Crippen LogP) is 5.35. The van der Waals surface area contributed by atoms with Gasteiger partial charge in [0.05, 0.1) is 5.69 Å². The van der Waals surface area contributed by atoms with Gasteiger partial charge in [-0.05, 0) is 12.3 Å². The minimum Gasteiger partial charge on any atom is -0.338 e. The number of nitrogens with one attached hydrogen (secondary N) is 2. The van der Waals surface area contributed by atoms with Gasteiger partial charge in [-0.1, -0.05) is 73.1 Å². The number of aromatic nitrogens is 2. The number of hydrogen-bond acceptors (Lipinski definition) is 3. The standard InChI is InChI=1S/C21H38N4O2/c1-7-8-9-12-16(2)13-10-11-14-22-20(27)23-19-15-18(21(4,5)6)24-25(19)17(3)26/h15-16H,7-14H2,1-6H3,(H2,22,23,27)/t16-/m0/s1. The topological polar surface area (TPSA) is 76.0 Å². The molecule has 27 heavy (non-hydrogen) atoms. The Morgan fingerprint density at radius 3 is 2.33 bits per heavy atom. The molecule has 6 nitrogen and oxygen atoms in total. The zero-order chi connectivity index (χ0) is 20.4. The van der Waals surface area contributed by atoms with E-state index < -0.39 is 0 Å². The van der Waals surface area contributed by atoms with Gasteiger partial charge in [-0.15, -0.1) is 0 Å². The summed E-state index contributed by atoms with van der Waals surface area (Å²) in [6.07, 6.45) is 8.49. The van der Waals surface area contributed by atoms with E-state index in [0.717, 1.165) is 24.5 Å². The van der Waals surface area contributed by atoms with Gasteiger partial charge in [-0.2, -0.15) is 9.78 Å². The van der Waals surface area contributed by atoms with Crippen LogP contribution in [0.3, 0.4) is 0 Å². The SMILES string of the molecule is CCCCC[C@H](C)CCCCNC(=O)Nc1cc(C(C)(C)C)nn1C(C)=O. The molecule has 0 fully saturated rings. The maximum atomic E-state index is 12.1. The average molecular weight is 379 g/mol. The Labute approximate surface area is 164 Å². The number of unbranched alkanes of at least 4 members (excludes halogenated alkanes) is 3. The van der Waals surface area contributed by atoms with Crippen molar-refractivity contribution in [1.29, 1.82) is 0 Å². The van der Waals surface area contributed by atoms with Crippen LogP contribution in [0.2, 0.25) is 0 Å². The molecule has 2 amide bonds. The molecule has 0 radical (unpaired) electrons. The third kappa shape index (κ3) is 8.59. The number of anilines is 1. The van der Waals surface area contributed by atoms with Gasteiger partial charge < -0.3 is 5.32 Å². The molecule has 1 aromatic heterocycles. The lowest BCUT2D eigenvalue weighted by Crippen LogP contribution is -2.31. The summed E-state index contributed by atoms with van der Waals surface area (Å²) in [7, 11) is 0. The number of amides is 2. The van der Waals surface area contributed by atoms with Crippen molar-refractivity contribution in [2.45, 2.75) is 91.9 Å². The van der Waals surface area contributed by atoms with Crippen molar-refractivity contribution in [3.05, 3.63) is 11.8 Å². The van der Waals surface area contributed by atoms with Crippen molar-refractivity contribution in [2.24, 2.45) is 5.92 Å². The summed E-state index contributed by atoms with van der Waals surface area (Å²) in [5.74, 6) is 0.943. The molecule has 1 heterocycles. The van der Waals surface area contributed by atoms with Crippen LogP contribution in [-0.2, 0) is 5.41 Å². The van der Waals surface area contributed by atoms with Gasteiger partial charge in [0, 0.05) is 24.9 Å². The van der Waals surface area contributed by atoms with Gasteiger partial charge in [-0.25, -0.2) is 4.79 Å². The average Bonchev–Trinajstić information content (AvgIpc) is 2.99. The molecule has 0 bridgehead atoms. The molecule has 0 aliphatic heterocycles. The molecular formula is C21H38N4O2. The second-order valence-electron chi connectivity index (χ2n) is 8.57. The van der Waals surface area contributed by atoms with Crippen LogP contribution >= 0.6 is 0 Å². The molecule has 0 unspecified atom stereocenters. The maximum Gasteiger partial charge on any atom is 0.320 e. The fraction of sp³-hybridized carbons (Fsp3) is 0.762. The predicted molar refractivity (Wildman–Crippen MR) is 111 cm³/mol. The van der Waals surface area contributed by atoms with Crippen LogP contribution in [0, 0.1) is 5.92 Å². The van der Waals surface area contributed by atoms with E-state index in [2.05, 4.69) is 29.6 Å². The van der Waals surface area contributed by atoms with Gasteiger partial charge in [0.2, 0.25) is 5.91 Å². The van der Waals surface area contributed by atoms with Gasteiger partial charge >= 0.3 is 6.03 Å². The van der Waals surface area contributed by atoms with E-state index in [0.29, 0.717) is 12.4 Å². The highest BCUT2D eigenvalue weighted by molar-refractivity contribution is 5.91. The molecule has 1 rings (SSSR count). The fourth-order valence-electron chi connectivity index (χ4n) is 2.94. The Morgan fingerprint density at radius 1 is 1.15 bits per heavy atom. The second kappa shape index (κ2) is 11.1. The molecule has 0 saturated heterocycles. The van der Waals surface area contributed by atoms with Crippen LogP contribution in [-0.4, -0.2) is 28.3 Å². The first-order valence-electron chi connectivity index (χ1n) is 10.3. The summed E-state index contributed by atoms with van der Waals surface area (Å²) in [6, 6.07) is 1.47. The summed E-state index contributed by atoms with van der Waals surface area (Å²) in [6.45, 7) is 12.7. The first-order chi connectivity index (χ1) is 12.6. The monoisotopic (exact) mass is 378 g/mol. The summed E-state index contributed by atoms with van der Waals surface area (Å²) >= 11 is 0. The Hall–Kier alpha value is -1.85. The lowest BCUT2D eigenvalue weighted by Gasteiger charge is -2.13. The van der Waals surface area contributed by atoms with E-state index in [1.54, 1.807) is 6.07 Å². The van der Waals surface area contributed by atoms with Crippen molar-refractivity contribution >= 4 is 17.8 Å². The third-order valence-electron chi connectivity index (χ3n) is 4.73. The van der Waals surface area contributed by atoms with Crippen molar-refractivity contribution in [3.63, 3.8) is 0 Å². The highest BCUT2D eigenvalue weighted by Gasteiger charge is 2.22. The number of nitrogens with zero attached hydrogens (tertiary/aromatic N) is 2. The first kappa shape index (κ1) is 23.2. The van der Waals surface area contributed by atoms with E-state index in [1.807, 2.05) is 20.8 Å². The first-order valence-corrected chi connectivity index (χ1v) is 10.3. The third-order valence-corrected chi connectivity index (χ3v) is 4.73. The van der Waals surface area contributed by atoms with Gasteiger partial charge in [0.15, 0.2) is 0 Å². The van der Waals surface area contributed by atoms with Gasteiger partial charge in [0.25, 0.3) is 0 Å². The van der Waals surface area contributed by atoms with Gasteiger partial charge in [0.1, 0.15) is 5.82 Å². The number of carbonyl (C=O) groups excluding carboxylic acids is 2. The van der Waals surface area contributed by atoms with Crippen LogP contribution in [0.15, 0.2) is 6.07 Å². The quantitative estimate of drug-likeness (QED) is 0.539. The zero-order valence-corrected chi connectivity index (χ0v) is 18.0. The fourth-order valence-corrected chi connectivity index (χ4v) is 2.94. The van der Waals surface area contributed by atoms with Crippen LogP contribution < -0.4 is 10.6 Å². The summed E-state index contributed by atoms with van der Waals surface area (Å²) in [5, 5.41) is 9.94. The lowest BCUT2D eigenvalue weighted by molar-refractivity contribution is 0.0923. The van der Waals surface area contributed by atoms with E-state index >= 15 is 0 Å². The lowest BCUT2D eigenvalue weighted by atomic mass is 9.92. The highest BCUT2D eigenvalue weighted by atomic mass is 16.2. The van der Waals surface area contributed by atoms with Crippen molar-refractivity contribution in [1.82, 2.24) is 15.1 Å². The van der Waals surface area contributed by atoms with Crippen molar-refractivity contribution in [3.8, 4) is 0 Å². The molecule has 154 valence electrons. The number of urea groups is 1. The van der Waals surface area contributed by atoms with E-state index in [4.69, 9.17) is 0 Å². The highest BCUT2D eigenvalue weighted by Crippen LogP contribution is 2.24. The molecule has 0 aliphatic rings. The molecule has 0 aromatic carbocycles. The smallest absolute Gasteiger partial charge is 0.320 e. The van der Waals surface area contributed by atoms with E-state index in [1.165, 1.54) is 43.7 Å². The largest absolute Gasteiger partial charge is 0.338 e. The summed E-state index contributed by atoms with van der Waals surface area (Å²) in [4.78, 5) is 23.9.